The zero-order valence-electron chi connectivity index (χ0n) is 8.31. The molecule has 5 nitrogen and oxygen atoms in total. The smallest absolute Gasteiger partial charge is 0.410 e. The van der Waals surface area contributed by atoms with E-state index in [1.165, 1.54) is 11.0 Å². The van der Waals surface area contributed by atoms with Crippen LogP contribution in [0, 0.1) is 5.41 Å². The molecule has 5 heteroatoms. The summed E-state index contributed by atoms with van der Waals surface area (Å²) in [5.74, 6) is -0.936. The van der Waals surface area contributed by atoms with Crippen LogP contribution >= 0.6 is 0 Å². The second-order valence-electron chi connectivity index (χ2n) is 4.10. The van der Waals surface area contributed by atoms with Gasteiger partial charge in [0.15, 0.2) is 0 Å². The van der Waals surface area contributed by atoms with E-state index in [1.54, 1.807) is 0 Å². The van der Waals surface area contributed by atoms with Gasteiger partial charge in [-0.15, -0.1) is 0 Å². The second-order valence-corrected chi connectivity index (χ2v) is 4.10. The lowest BCUT2D eigenvalue weighted by Crippen LogP contribution is -2.63. The number of hydrogen-bond acceptors (Lipinski definition) is 3. The first-order valence-electron chi connectivity index (χ1n) is 4.88. The Balaban J connectivity index is 1.96. The Hall–Kier alpha value is -1.52. The lowest BCUT2D eigenvalue weighted by molar-refractivity contribution is -0.153. The van der Waals surface area contributed by atoms with Gasteiger partial charge >= 0.3 is 12.1 Å². The van der Waals surface area contributed by atoms with Crippen LogP contribution < -0.4 is 0 Å². The zero-order chi connectivity index (χ0) is 11.1. The summed E-state index contributed by atoms with van der Waals surface area (Å²) < 4.78 is 4.80. The van der Waals surface area contributed by atoms with Crippen molar-refractivity contribution in [1.29, 1.82) is 0 Å². The molecule has 1 amide bonds. The van der Waals surface area contributed by atoms with Crippen LogP contribution in [0.5, 0.6) is 0 Å². The molecule has 82 valence electrons. The Morgan fingerprint density at radius 3 is 2.73 bits per heavy atom. The van der Waals surface area contributed by atoms with Gasteiger partial charge in [0.2, 0.25) is 0 Å². The van der Waals surface area contributed by atoms with Crippen molar-refractivity contribution in [2.24, 2.45) is 5.41 Å². The lowest BCUT2D eigenvalue weighted by atomic mass is 9.85. The van der Waals surface area contributed by atoms with Crippen molar-refractivity contribution in [3.63, 3.8) is 0 Å². The molecule has 0 aromatic rings. The van der Waals surface area contributed by atoms with Gasteiger partial charge in [-0.25, -0.2) is 9.59 Å². The van der Waals surface area contributed by atoms with Crippen LogP contribution in [0.3, 0.4) is 0 Å². The molecule has 2 aliphatic rings. The predicted octanol–water partition coefficient (Wildman–Crippen LogP) is 0.858. The largest absolute Gasteiger partial charge is 0.480 e. The van der Waals surface area contributed by atoms with E-state index < -0.39 is 18.1 Å². The minimum absolute atomic E-state index is 0.120. The molecule has 0 radical (unpaired) electrons. The monoisotopic (exact) mass is 211 g/mol. The van der Waals surface area contributed by atoms with Crippen molar-refractivity contribution in [2.45, 2.75) is 18.9 Å². The van der Waals surface area contributed by atoms with Crippen LogP contribution in [0.2, 0.25) is 0 Å². The van der Waals surface area contributed by atoms with Crippen molar-refractivity contribution in [3.8, 4) is 0 Å². The average molecular weight is 211 g/mol. The van der Waals surface area contributed by atoms with Crippen LogP contribution in [-0.4, -0.2) is 41.3 Å². The number of carboxylic acid groups (broad SMARTS) is 1. The number of aliphatic carboxylic acids is 1. The molecule has 1 unspecified atom stereocenters. The molecule has 2 rings (SSSR count). The molecule has 0 bridgehead atoms. The fraction of sp³-hybridized carbons (Fsp3) is 0.600. The van der Waals surface area contributed by atoms with Crippen molar-refractivity contribution in [1.82, 2.24) is 4.90 Å². The van der Waals surface area contributed by atoms with E-state index in [-0.39, 0.29) is 12.0 Å². The molecule has 1 aliphatic heterocycles. The minimum Gasteiger partial charge on any atom is -0.480 e. The molecule has 15 heavy (non-hydrogen) atoms. The number of rotatable bonds is 3. The fourth-order valence-electron chi connectivity index (χ4n) is 2.11. The van der Waals surface area contributed by atoms with E-state index in [1.807, 2.05) is 0 Å². The maximum atomic E-state index is 11.4. The summed E-state index contributed by atoms with van der Waals surface area (Å²) in [7, 11) is 0. The molecule has 0 aromatic heterocycles. The Kier molecular flexibility index (Phi) is 2.17. The van der Waals surface area contributed by atoms with E-state index in [9.17, 15) is 9.59 Å². The van der Waals surface area contributed by atoms with Gasteiger partial charge in [0, 0.05) is 12.0 Å². The molecule has 1 saturated carbocycles. The number of carbonyl (C=O) groups is 2. The van der Waals surface area contributed by atoms with Gasteiger partial charge < -0.3 is 9.84 Å². The SMILES string of the molecule is C=CCOC(=O)N1CC2(CC2)C1C(=O)O. The quantitative estimate of drug-likeness (QED) is 0.703. The first kappa shape index (κ1) is 10.0. The van der Waals surface area contributed by atoms with E-state index in [2.05, 4.69) is 6.58 Å². The number of carbonyl (C=O) groups excluding carboxylic acids is 1. The first-order valence-corrected chi connectivity index (χ1v) is 4.88. The number of likely N-dealkylation sites (tertiary alicyclic amines) is 1. The molecule has 1 saturated heterocycles. The Morgan fingerprint density at radius 2 is 2.27 bits per heavy atom. The highest BCUT2D eigenvalue weighted by atomic mass is 16.6. The Bertz CT molecular complexity index is 321. The fourth-order valence-corrected chi connectivity index (χ4v) is 2.11. The average Bonchev–Trinajstić information content (AvgIpc) is 2.91. The summed E-state index contributed by atoms with van der Waals surface area (Å²) in [5.41, 5.74) is -0.140. The number of amides is 1. The van der Waals surface area contributed by atoms with Gasteiger partial charge in [-0.05, 0) is 12.8 Å². The van der Waals surface area contributed by atoms with Crippen molar-refractivity contribution in [3.05, 3.63) is 12.7 Å². The highest BCUT2D eigenvalue weighted by molar-refractivity contribution is 5.84. The summed E-state index contributed by atoms with van der Waals surface area (Å²) in [6.07, 6.45) is 2.70. The van der Waals surface area contributed by atoms with E-state index >= 15 is 0 Å². The van der Waals surface area contributed by atoms with Crippen LogP contribution in [0.25, 0.3) is 0 Å². The Morgan fingerprint density at radius 1 is 1.60 bits per heavy atom. The van der Waals surface area contributed by atoms with Gasteiger partial charge in [-0.1, -0.05) is 12.7 Å². The maximum absolute atomic E-state index is 11.4. The predicted molar refractivity (Wildman–Crippen MR) is 51.3 cm³/mol. The third-order valence-corrected chi connectivity index (χ3v) is 3.06. The molecule has 1 spiro atoms. The van der Waals surface area contributed by atoms with E-state index in [0.29, 0.717) is 6.54 Å². The standard InChI is InChI=1S/C10H13NO4/c1-2-5-15-9(14)11-6-10(3-4-10)7(11)8(12)13/h2,7H,1,3-6H2,(H,12,13). The van der Waals surface area contributed by atoms with Gasteiger partial charge in [-0.2, -0.15) is 0 Å². The van der Waals surface area contributed by atoms with Crippen LogP contribution in [0.4, 0.5) is 4.79 Å². The molecular weight excluding hydrogens is 198 g/mol. The summed E-state index contributed by atoms with van der Waals surface area (Å²) >= 11 is 0. The number of carboxylic acids is 1. The highest BCUT2D eigenvalue weighted by Crippen LogP contribution is 2.57. The molecule has 0 aromatic carbocycles. The van der Waals surface area contributed by atoms with Crippen molar-refractivity contribution >= 4 is 12.1 Å². The minimum atomic E-state index is -0.936. The van der Waals surface area contributed by atoms with Gasteiger partial charge in [0.05, 0.1) is 0 Å². The van der Waals surface area contributed by atoms with Gasteiger partial charge in [0.25, 0.3) is 0 Å². The Labute approximate surface area is 87.3 Å². The third kappa shape index (κ3) is 1.48. The van der Waals surface area contributed by atoms with Crippen LogP contribution in [0.1, 0.15) is 12.8 Å². The lowest BCUT2D eigenvalue weighted by Gasteiger charge is -2.45. The normalized spacial score (nSPS) is 25.6. The molecule has 1 atom stereocenters. The maximum Gasteiger partial charge on any atom is 0.410 e. The summed E-state index contributed by atoms with van der Waals surface area (Å²) in [4.78, 5) is 23.6. The highest BCUT2D eigenvalue weighted by Gasteiger charge is 2.65. The molecule has 1 heterocycles. The topological polar surface area (TPSA) is 66.8 Å². The van der Waals surface area contributed by atoms with Gasteiger partial charge in [0.1, 0.15) is 12.6 Å². The van der Waals surface area contributed by atoms with Crippen LogP contribution in [-0.2, 0) is 9.53 Å². The molecule has 1 N–H and O–H groups in total. The van der Waals surface area contributed by atoms with E-state index in [4.69, 9.17) is 9.84 Å². The third-order valence-electron chi connectivity index (χ3n) is 3.06. The van der Waals surface area contributed by atoms with Crippen molar-refractivity contribution in [2.75, 3.05) is 13.2 Å². The van der Waals surface area contributed by atoms with E-state index in [0.717, 1.165) is 12.8 Å². The second kappa shape index (κ2) is 3.25. The summed E-state index contributed by atoms with van der Waals surface area (Å²) in [6, 6.07) is -0.685. The first-order chi connectivity index (χ1) is 7.10. The number of nitrogens with zero attached hydrogens (tertiary/aromatic N) is 1. The molecule has 1 aliphatic carbocycles. The van der Waals surface area contributed by atoms with Gasteiger partial charge in [-0.3, -0.25) is 4.90 Å². The number of ether oxygens (including phenoxy) is 1. The number of hydrogen-bond donors (Lipinski definition) is 1. The summed E-state index contributed by atoms with van der Waals surface area (Å²) in [5, 5.41) is 8.98. The van der Waals surface area contributed by atoms with Crippen LogP contribution in [0.15, 0.2) is 12.7 Å². The summed E-state index contributed by atoms with van der Waals surface area (Å²) in [6.45, 7) is 4.05. The van der Waals surface area contributed by atoms with Crippen molar-refractivity contribution < 1.29 is 19.4 Å². The molecule has 2 fully saturated rings. The zero-order valence-corrected chi connectivity index (χ0v) is 8.31. The molecular formula is C10H13NO4.